The summed E-state index contributed by atoms with van der Waals surface area (Å²) in [5.74, 6) is 0.565. The van der Waals surface area contributed by atoms with E-state index >= 15 is 0 Å². The van der Waals surface area contributed by atoms with Crippen LogP contribution in [0.3, 0.4) is 0 Å². The van der Waals surface area contributed by atoms with Gasteiger partial charge in [0, 0.05) is 6.54 Å². The maximum absolute atomic E-state index is 4.69. The van der Waals surface area contributed by atoms with Gasteiger partial charge in [0.15, 0.2) is 5.13 Å². The smallest absolute Gasteiger partial charge is 0.183 e. The quantitative estimate of drug-likeness (QED) is 0.699. The standard InChI is InChI=1S/C18H20N2S/c1-13(15-8-4-3-5-9-15)11-12-19-18-20-17-14(2)7-6-10-16(17)21-18/h3-10,13H,11-12H2,1-2H3,(H,19,20). The molecule has 0 radical (unpaired) electrons. The van der Waals surface area contributed by atoms with Crippen molar-refractivity contribution in [3.05, 3.63) is 59.7 Å². The first-order chi connectivity index (χ1) is 10.2. The molecule has 3 aromatic rings. The second-order valence-corrected chi connectivity index (χ2v) is 6.50. The highest BCUT2D eigenvalue weighted by molar-refractivity contribution is 7.22. The summed E-state index contributed by atoms with van der Waals surface area (Å²) in [6.07, 6.45) is 1.11. The number of nitrogens with zero attached hydrogens (tertiary/aromatic N) is 1. The molecule has 0 aliphatic carbocycles. The number of nitrogens with one attached hydrogen (secondary N) is 1. The Hall–Kier alpha value is -1.87. The average Bonchev–Trinajstić information content (AvgIpc) is 2.92. The highest BCUT2D eigenvalue weighted by Gasteiger charge is 2.07. The van der Waals surface area contributed by atoms with E-state index in [1.54, 1.807) is 11.3 Å². The predicted molar refractivity (Wildman–Crippen MR) is 92.3 cm³/mol. The molecule has 21 heavy (non-hydrogen) atoms. The number of para-hydroxylation sites is 1. The lowest BCUT2D eigenvalue weighted by atomic mass is 9.98. The van der Waals surface area contributed by atoms with Crippen LogP contribution >= 0.6 is 11.3 Å². The molecule has 0 amide bonds. The summed E-state index contributed by atoms with van der Waals surface area (Å²) in [7, 11) is 0. The average molecular weight is 296 g/mol. The van der Waals surface area contributed by atoms with E-state index in [4.69, 9.17) is 0 Å². The monoisotopic (exact) mass is 296 g/mol. The molecule has 0 spiro atoms. The molecule has 0 saturated heterocycles. The van der Waals surface area contributed by atoms with Crippen molar-refractivity contribution in [3.8, 4) is 0 Å². The first-order valence-corrected chi connectivity index (χ1v) is 8.20. The molecule has 0 fully saturated rings. The van der Waals surface area contributed by atoms with E-state index in [2.05, 4.69) is 72.7 Å². The van der Waals surface area contributed by atoms with Gasteiger partial charge in [0.2, 0.25) is 0 Å². The predicted octanol–water partition coefficient (Wildman–Crippen LogP) is 5.21. The lowest BCUT2D eigenvalue weighted by molar-refractivity contribution is 0.706. The Labute approximate surface area is 129 Å². The van der Waals surface area contributed by atoms with Crippen molar-refractivity contribution in [2.45, 2.75) is 26.2 Å². The number of aryl methyl sites for hydroxylation is 1. The summed E-state index contributed by atoms with van der Waals surface area (Å²) in [5.41, 5.74) is 3.77. The van der Waals surface area contributed by atoms with E-state index in [1.165, 1.54) is 15.8 Å². The molecule has 3 heteroatoms. The zero-order valence-corrected chi connectivity index (χ0v) is 13.3. The normalized spacial score (nSPS) is 12.5. The molecule has 2 nitrogen and oxygen atoms in total. The molecule has 2 aromatic carbocycles. The zero-order valence-electron chi connectivity index (χ0n) is 12.5. The highest BCUT2D eigenvalue weighted by Crippen LogP contribution is 2.28. The van der Waals surface area contributed by atoms with Crippen LogP contribution in [0.25, 0.3) is 10.2 Å². The molecule has 1 unspecified atom stereocenters. The number of rotatable bonds is 5. The van der Waals surface area contributed by atoms with Gasteiger partial charge in [-0.15, -0.1) is 0 Å². The largest absolute Gasteiger partial charge is 0.361 e. The van der Waals surface area contributed by atoms with Crippen molar-refractivity contribution in [2.75, 3.05) is 11.9 Å². The van der Waals surface area contributed by atoms with Crippen LogP contribution in [0, 0.1) is 6.92 Å². The third kappa shape index (κ3) is 3.24. The van der Waals surface area contributed by atoms with Crippen LogP contribution in [0.15, 0.2) is 48.5 Å². The van der Waals surface area contributed by atoms with E-state index in [9.17, 15) is 0 Å². The Kier molecular flexibility index (Phi) is 4.20. The number of anilines is 1. The van der Waals surface area contributed by atoms with Gasteiger partial charge >= 0.3 is 0 Å². The second kappa shape index (κ2) is 6.27. The van der Waals surface area contributed by atoms with Crippen molar-refractivity contribution in [3.63, 3.8) is 0 Å². The summed E-state index contributed by atoms with van der Waals surface area (Å²) in [6.45, 7) is 5.34. The summed E-state index contributed by atoms with van der Waals surface area (Å²) < 4.78 is 1.26. The number of thiazole rings is 1. The van der Waals surface area contributed by atoms with Gasteiger partial charge in [-0.05, 0) is 36.5 Å². The van der Waals surface area contributed by atoms with Crippen LogP contribution in [-0.4, -0.2) is 11.5 Å². The lowest BCUT2D eigenvalue weighted by Crippen LogP contribution is -2.05. The first kappa shape index (κ1) is 14.1. The molecular formula is C18H20N2S. The minimum absolute atomic E-state index is 0.565. The zero-order chi connectivity index (χ0) is 14.7. The maximum atomic E-state index is 4.69. The minimum atomic E-state index is 0.565. The molecule has 0 saturated carbocycles. The summed E-state index contributed by atoms with van der Waals surface area (Å²) in [4.78, 5) is 4.69. The van der Waals surface area contributed by atoms with E-state index < -0.39 is 0 Å². The SMILES string of the molecule is Cc1cccc2sc(NCCC(C)c3ccccc3)nc12. The topological polar surface area (TPSA) is 24.9 Å². The second-order valence-electron chi connectivity index (χ2n) is 5.47. The fourth-order valence-electron chi connectivity index (χ4n) is 2.51. The third-order valence-corrected chi connectivity index (χ3v) is 4.82. The van der Waals surface area contributed by atoms with Gasteiger partial charge < -0.3 is 5.32 Å². The van der Waals surface area contributed by atoms with E-state index in [1.807, 2.05) is 0 Å². The van der Waals surface area contributed by atoms with Gasteiger partial charge in [0.25, 0.3) is 0 Å². The molecule has 3 rings (SSSR count). The Morgan fingerprint density at radius 3 is 2.67 bits per heavy atom. The minimum Gasteiger partial charge on any atom is -0.361 e. The Morgan fingerprint density at radius 1 is 1.10 bits per heavy atom. The van der Waals surface area contributed by atoms with E-state index in [0.29, 0.717) is 5.92 Å². The van der Waals surface area contributed by atoms with Gasteiger partial charge in [0.1, 0.15) is 0 Å². The fourth-order valence-corrected chi connectivity index (χ4v) is 3.48. The van der Waals surface area contributed by atoms with Crippen LogP contribution in [0.2, 0.25) is 0 Å². The molecule has 108 valence electrons. The molecule has 0 aliphatic heterocycles. The molecule has 1 heterocycles. The Morgan fingerprint density at radius 2 is 1.90 bits per heavy atom. The van der Waals surface area contributed by atoms with Crippen LogP contribution in [0.5, 0.6) is 0 Å². The van der Waals surface area contributed by atoms with E-state index in [0.717, 1.165) is 23.6 Å². The number of hydrogen-bond acceptors (Lipinski definition) is 3. The fraction of sp³-hybridized carbons (Fsp3) is 0.278. The first-order valence-electron chi connectivity index (χ1n) is 7.39. The van der Waals surface area contributed by atoms with Crippen molar-refractivity contribution in [2.24, 2.45) is 0 Å². The number of benzene rings is 2. The maximum Gasteiger partial charge on any atom is 0.183 e. The van der Waals surface area contributed by atoms with Crippen LogP contribution in [-0.2, 0) is 0 Å². The van der Waals surface area contributed by atoms with E-state index in [-0.39, 0.29) is 0 Å². The third-order valence-electron chi connectivity index (χ3n) is 3.84. The molecular weight excluding hydrogens is 276 g/mol. The number of fused-ring (bicyclic) bond motifs is 1. The summed E-state index contributed by atoms with van der Waals surface area (Å²) >= 11 is 1.74. The Balaban J connectivity index is 1.61. The van der Waals surface area contributed by atoms with Crippen LogP contribution in [0.1, 0.15) is 30.4 Å². The Bertz CT molecular complexity index is 718. The highest BCUT2D eigenvalue weighted by atomic mass is 32.1. The van der Waals surface area contributed by atoms with Crippen LogP contribution in [0.4, 0.5) is 5.13 Å². The van der Waals surface area contributed by atoms with Crippen molar-refractivity contribution in [1.82, 2.24) is 4.98 Å². The van der Waals surface area contributed by atoms with Crippen LogP contribution < -0.4 is 5.32 Å². The van der Waals surface area contributed by atoms with Crippen molar-refractivity contribution < 1.29 is 0 Å². The van der Waals surface area contributed by atoms with Gasteiger partial charge in [-0.3, -0.25) is 0 Å². The van der Waals surface area contributed by atoms with Crippen molar-refractivity contribution in [1.29, 1.82) is 0 Å². The molecule has 1 aromatic heterocycles. The molecule has 1 atom stereocenters. The molecule has 0 aliphatic rings. The van der Waals surface area contributed by atoms with Gasteiger partial charge in [0.05, 0.1) is 10.2 Å². The molecule has 0 bridgehead atoms. The number of aromatic nitrogens is 1. The lowest BCUT2D eigenvalue weighted by Gasteiger charge is -2.11. The van der Waals surface area contributed by atoms with Gasteiger partial charge in [-0.1, -0.05) is 60.7 Å². The molecule has 1 N–H and O–H groups in total. The van der Waals surface area contributed by atoms with Gasteiger partial charge in [-0.2, -0.15) is 0 Å². The summed E-state index contributed by atoms with van der Waals surface area (Å²) in [5, 5.41) is 4.50. The number of hydrogen-bond donors (Lipinski definition) is 1. The summed E-state index contributed by atoms with van der Waals surface area (Å²) in [6, 6.07) is 17.0. The van der Waals surface area contributed by atoms with Gasteiger partial charge in [-0.25, -0.2) is 4.98 Å². The van der Waals surface area contributed by atoms with Crippen molar-refractivity contribution >= 4 is 26.7 Å².